The van der Waals surface area contributed by atoms with Crippen LogP contribution in [0.1, 0.15) is 26.2 Å². The summed E-state index contributed by atoms with van der Waals surface area (Å²) in [5, 5.41) is 8.83. The fourth-order valence-electron chi connectivity index (χ4n) is 1.63. The maximum Gasteiger partial charge on any atom is 0.326 e. The van der Waals surface area contributed by atoms with Crippen LogP contribution in [0, 0.1) is 0 Å². The summed E-state index contributed by atoms with van der Waals surface area (Å²) < 4.78 is 0. The van der Waals surface area contributed by atoms with Crippen LogP contribution < -0.4 is 0 Å². The topological polar surface area (TPSA) is 74.7 Å². The quantitative estimate of drug-likeness (QED) is 0.637. The van der Waals surface area contributed by atoms with Gasteiger partial charge in [0.05, 0.1) is 0 Å². The summed E-state index contributed by atoms with van der Waals surface area (Å²) in [6, 6.07) is -0.819. The van der Waals surface area contributed by atoms with E-state index in [1.807, 2.05) is 0 Å². The highest BCUT2D eigenvalue weighted by Crippen LogP contribution is 2.17. The normalized spacial score (nSPS) is 21.8. The van der Waals surface area contributed by atoms with Crippen LogP contribution in [0.4, 0.5) is 0 Å². The van der Waals surface area contributed by atoms with Gasteiger partial charge in [-0.05, 0) is 19.3 Å². The lowest BCUT2D eigenvalue weighted by molar-refractivity contribution is -0.155. The summed E-state index contributed by atoms with van der Waals surface area (Å²) in [6.45, 7) is 1.53. The zero-order chi connectivity index (χ0) is 10.7. The van der Waals surface area contributed by atoms with E-state index in [0.717, 1.165) is 24.7 Å². The molecule has 5 nitrogen and oxygen atoms in total. The van der Waals surface area contributed by atoms with E-state index in [1.165, 1.54) is 0 Å². The molecular weight excluding hydrogens is 186 g/mol. The van der Waals surface area contributed by atoms with Gasteiger partial charge in [-0.25, -0.2) is 4.79 Å². The van der Waals surface area contributed by atoms with Crippen molar-refractivity contribution in [2.75, 3.05) is 6.54 Å². The molecule has 1 aliphatic heterocycles. The Morgan fingerprint density at radius 3 is 2.43 bits per heavy atom. The van der Waals surface area contributed by atoms with Gasteiger partial charge >= 0.3 is 5.97 Å². The number of nitrogens with zero attached hydrogens (tertiary/aromatic N) is 1. The number of amides is 1. The minimum absolute atomic E-state index is 0.370. The van der Waals surface area contributed by atoms with Crippen LogP contribution in [0.25, 0.3) is 0 Å². The maximum absolute atomic E-state index is 11.3. The molecule has 0 radical (unpaired) electrons. The van der Waals surface area contributed by atoms with Crippen LogP contribution in [-0.4, -0.2) is 40.3 Å². The molecule has 1 rings (SSSR count). The molecule has 0 saturated carbocycles. The Labute approximate surface area is 81.7 Å². The molecule has 0 aliphatic carbocycles. The third-order valence-corrected chi connectivity index (χ3v) is 2.35. The number of carbonyl (C=O) groups is 3. The molecular formula is C9H13NO4. The third-order valence-electron chi connectivity index (χ3n) is 2.35. The molecule has 0 aromatic carbocycles. The molecule has 0 bridgehead atoms. The highest BCUT2D eigenvalue weighted by atomic mass is 16.4. The van der Waals surface area contributed by atoms with Crippen molar-refractivity contribution in [3.8, 4) is 0 Å². The van der Waals surface area contributed by atoms with Crippen LogP contribution in [-0.2, 0) is 14.4 Å². The number of ketones is 1. The first-order valence-electron chi connectivity index (χ1n) is 4.58. The Hall–Kier alpha value is -1.39. The minimum atomic E-state index is -1.03. The standard InChI is InChI=1S/C9H13NO4/c1-6(11)8(12)10-5-3-2-4-7(10)9(13)14/h7H,2-5H2,1H3,(H,13,14)/t7-/m0/s1. The zero-order valence-electron chi connectivity index (χ0n) is 8.02. The fourth-order valence-corrected chi connectivity index (χ4v) is 1.63. The molecule has 5 heteroatoms. The van der Waals surface area contributed by atoms with Gasteiger partial charge in [-0.1, -0.05) is 0 Å². The molecule has 1 amide bonds. The van der Waals surface area contributed by atoms with Crippen LogP contribution in [0.3, 0.4) is 0 Å². The monoisotopic (exact) mass is 199 g/mol. The van der Waals surface area contributed by atoms with Gasteiger partial charge in [0.25, 0.3) is 5.91 Å². The number of hydrogen-bond acceptors (Lipinski definition) is 3. The number of likely N-dealkylation sites (tertiary alicyclic amines) is 1. The van der Waals surface area contributed by atoms with Gasteiger partial charge in [0.1, 0.15) is 6.04 Å². The van der Waals surface area contributed by atoms with Crippen molar-refractivity contribution in [1.82, 2.24) is 4.90 Å². The summed E-state index contributed by atoms with van der Waals surface area (Å²) in [5.41, 5.74) is 0. The SMILES string of the molecule is CC(=O)C(=O)N1CCCC[C@H]1C(=O)O. The Morgan fingerprint density at radius 2 is 1.93 bits per heavy atom. The smallest absolute Gasteiger partial charge is 0.326 e. The average molecular weight is 199 g/mol. The molecule has 1 aliphatic rings. The number of hydrogen-bond donors (Lipinski definition) is 1. The number of piperidine rings is 1. The Balaban J connectivity index is 2.77. The van der Waals surface area contributed by atoms with Gasteiger partial charge < -0.3 is 10.0 Å². The lowest BCUT2D eigenvalue weighted by Crippen LogP contribution is -2.49. The molecule has 1 heterocycles. The summed E-state index contributed by atoms with van der Waals surface area (Å²) in [4.78, 5) is 34.1. The predicted molar refractivity (Wildman–Crippen MR) is 47.7 cm³/mol. The predicted octanol–water partition coefficient (Wildman–Crippen LogP) is 0.0411. The second-order valence-corrected chi connectivity index (χ2v) is 3.40. The van der Waals surface area contributed by atoms with Crippen molar-refractivity contribution in [2.24, 2.45) is 0 Å². The van der Waals surface area contributed by atoms with E-state index < -0.39 is 23.7 Å². The van der Waals surface area contributed by atoms with Gasteiger partial charge in [-0.2, -0.15) is 0 Å². The summed E-state index contributed by atoms with van der Waals surface area (Å²) in [5.74, 6) is -2.31. The lowest BCUT2D eigenvalue weighted by Gasteiger charge is -2.31. The third kappa shape index (κ3) is 2.10. The van der Waals surface area contributed by atoms with E-state index >= 15 is 0 Å². The molecule has 0 aromatic heterocycles. The van der Waals surface area contributed by atoms with E-state index in [9.17, 15) is 14.4 Å². The molecule has 1 fully saturated rings. The van der Waals surface area contributed by atoms with Crippen molar-refractivity contribution < 1.29 is 19.5 Å². The molecule has 1 atom stereocenters. The molecule has 78 valence electrons. The van der Waals surface area contributed by atoms with Crippen LogP contribution in [0.2, 0.25) is 0 Å². The number of carboxylic acid groups (broad SMARTS) is 1. The van der Waals surface area contributed by atoms with Gasteiger partial charge in [0, 0.05) is 13.5 Å². The first kappa shape index (κ1) is 10.7. The molecule has 1 saturated heterocycles. The van der Waals surface area contributed by atoms with Crippen molar-refractivity contribution in [3.05, 3.63) is 0 Å². The average Bonchev–Trinajstić information content (AvgIpc) is 2.16. The molecule has 0 aromatic rings. The maximum atomic E-state index is 11.3. The van der Waals surface area contributed by atoms with Crippen LogP contribution >= 0.6 is 0 Å². The van der Waals surface area contributed by atoms with Crippen molar-refractivity contribution in [1.29, 1.82) is 0 Å². The molecule has 14 heavy (non-hydrogen) atoms. The van der Waals surface area contributed by atoms with Crippen molar-refractivity contribution in [2.45, 2.75) is 32.2 Å². The van der Waals surface area contributed by atoms with E-state index in [2.05, 4.69) is 0 Å². The largest absolute Gasteiger partial charge is 0.480 e. The van der Waals surface area contributed by atoms with Gasteiger partial charge in [0.2, 0.25) is 5.78 Å². The highest BCUT2D eigenvalue weighted by Gasteiger charge is 2.33. The Bertz CT molecular complexity index is 274. The highest BCUT2D eigenvalue weighted by molar-refractivity contribution is 6.35. The van der Waals surface area contributed by atoms with Crippen LogP contribution in [0.5, 0.6) is 0 Å². The zero-order valence-corrected chi connectivity index (χ0v) is 8.02. The van der Waals surface area contributed by atoms with Crippen molar-refractivity contribution >= 4 is 17.7 Å². The Morgan fingerprint density at radius 1 is 1.29 bits per heavy atom. The van der Waals surface area contributed by atoms with E-state index in [-0.39, 0.29) is 0 Å². The van der Waals surface area contributed by atoms with Gasteiger partial charge in [0.15, 0.2) is 0 Å². The van der Waals surface area contributed by atoms with E-state index in [0.29, 0.717) is 13.0 Å². The molecule has 1 N–H and O–H groups in total. The van der Waals surface area contributed by atoms with Gasteiger partial charge in [-0.3, -0.25) is 9.59 Å². The number of aliphatic carboxylic acids is 1. The minimum Gasteiger partial charge on any atom is -0.480 e. The molecule has 0 spiro atoms. The lowest BCUT2D eigenvalue weighted by atomic mass is 10.0. The van der Waals surface area contributed by atoms with Gasteiger partial charge in [-0.15, -0.1) is 0 Å². The number of Topliss-reactive ketones (excluding diaryl/α,β-unsaturated/α-hetero) is 1. The first-order valence-corrected chi connectivity index (χ1v) is 4.58. The van der Waals surface area contributed by atoms with Crippen LogP contribution in [0.15, 0.2) is 0 Å². The van der Waals surface area contributed by atoms with E-state index in [4.69, 9.17) is 5.11 Å². The Kier molecular flexibility index (Phi) is 3.22. The number of carbonyl (C=O) groups excluding carboxylic acids is 2. The number of rotatable bonds is 2. The summed E-state index contributed by atoms with van der Waals surface area (Å²) >= 11 is 0. The summed E-state index contributed by atoms with van der Waals surface area (Å²) in [7, 11) is 0. The second kappa shape index (κ2) is 4.21. The van der Waals surface area contributed by atoms with Crippen molar-refractivity contribution in [3.63, 3.8) is 0 Å². The number of carboxylic acids is 1. The first-order chi connectivity index (χ1) is 6.54. The fraction of sp³-hybridized carbons (Fsp3) is 0.667. The summed E-state index contributed by atoms with van der Waals surface area (Å²) in [6.07, 6.45) is 2.00. The second-order valence-electron chi connectivity index (χ2n) is 3.40. The van der Waals surface area contributed by atoms with E-state index in [1.54, 1.807) is 0 Å². The molecule has 0 unspecified atom stereocenters.